The van der Waals surface area contributed by atoms with Crippen LogP contribution < -0.4 is 5.32 Å². The second-order valence-electron chi connectivity index (χ2n) is 4.73. The average molecular weight is 315 g/mol. The summed E-state index contributed by atoms with van der Waals surface area (Å²) in [5, 5.41) is 5.44. The Kier molecular flexibility index (Phi) is 4.41. The van der Waals surface area contributed by atoms with Crippen molar-refractivity contribution in [3.63, 3.8) is 0 Å². The monoisotopic (exact) mass is 315 g/mol. The third-order valence-electron chi connectivity index (χ3n) is 3.03. The van der Waals surface area contributed by atoms with Gasteiger partial charge in [0.2, 0.25) is 5.95 Å². The molecule has 2 heterocycles. The fourth-order valence-electron chi connectivity index (χ4n) is 2.09. The van der Waals surface area contributed by atoms with Crippen LogP contribution in [0, 0.1) is 6.92 Å². The SMILES string of the molecule is CCNc1nc(SCc2ccccc2)c2cc(C)sc2n1. The molecule has 3 aromatic rings. The maximum atomic E-state index is 4.67. The normalized spacial score (nSPS) is 11.0. The number of anilines is 1. The molecule has 0 saturated heterocycles. The Morgan fingerprint density at radius 1 is 1.19 bits per heavy atom. The largest absolute Gasteiger partial charge is 0.354 e. The zero-order valence-electron chi connectivity index (χ0n) is 12.1. The van der Waals surface area contributed by atoms with Gasteiger partial charge in [-0.05, 0) is 25.5 Å². The molecule has 0 bridgehead atoms. The van der Waals surface area contributed by atoms with Gasteiger partial charge in [0.05, 0.1) is 0 Å². The Balaban J connectivity index is 1.91. The van der Waals surface area contributed by atoms with Crippen molar-refractivity contribution in [1.29, 1.82) is 0 Å². The summed E-state index contributed by atoms with van der Waals surface area (Å²) in [4.78, 5) is 11.6. The quantitative estimate of drug-likeness (QED) is 0.546. The maximum Gasteiger partial charge on any atom is 0.225 e. The second-order valence-corrected chi connectivity index (χ2v) is 6.93. The van der Waals surface area contributed by atoms with Crippen molar-refractivity contribution < 1.29 is 0 Å². The number of aromatic nitrogens is 2. The van der Waals surface area contributed by atoms with E-state index in [1.165, 1.54) is 15.8 Å². The van der Waals surface area contributed by atoms with Gasteiger partial charge in [0, 0.05) is 22.6 Å². The molecule has 0 radical (unpaired) electrons. The third kappa shape index (κ3) is 3.36. The molecule has 0 amide bonds. The van der Waals surface area contributed by atoms with Crippen molar-refractivity contribution >= 4 is 39.3 Å². The number of benzene rings is 1. The molecule has 1 N–H and O–H groups in total. The molecule has 0 aliphatic carbocycles. The molecule has 5 heteroatoms. The van der Waals surface area contributed by atoms with E-state index in [0.29, 0.717) is 0 Å². The van der Waals surface area contributed by atoms with E-state index in [2.05, 4.69) is 59.5 Å². The standard InChI is InChI=1S/C16H17N3S2/c1-3-17-16-18-14(13-9-11(2)21-15(13)19-16)20-10-12-7-5-4-6-8-12/h4-9H,3,10H2,1-2H3,(H,17,18,19). The van der Waals surface area contributed by atoms with Crippen LogP contribution in [0.3, 0.4) is 0 Å². The van der Waals surface area contributed by atoms with E-state index in [1.54, 1.807) is 23.1 Å². The van der Waals surface area contributed by atoms with E-state index in [-0.39, 0.29) is 0 Å². The molecule has 0 saturated carbocycles. The van der Waals surface area contributed by atoms with Gasteiger partial charge in [0.25, 0.3) is 0 Å². The summed E-state index contributed by atoms with van der Waals surface area (Å²) in [5.74, 6) is 1.65. The number of hydrogen-bond acceptors (Lipinski definition) is 5. The molecule has 0 unspecified atom stereocenters. The Bertz CT molecular complexity index is 738. The lowest BCUT2D eigenvalue weighted by Crippen LogP contribution is -2.02. The van der Waals surface area contributed by atoms with Gasteiger partial charge >= 0.3 is 0 Å². The lowest BCUT2D eigenvalue weighted by atomic mass is 10.2. The number of thiophene rings is 1. The number of aryl methyl sites for hydroxylation is 1. The van der Waals surface area contributed by atoms with Crippen molar-refractivity contribution in [2.24, 2.45) is 0 Å². The van der Waals surface area contributed by atoms with Crippen LogP contribution in [0.1, 0.15) is 17.4 Å². The molecule has 0 fully saturated rings. The summed E-state index contributed by atoms with van der Waals surface area (Å²) in [6.45, 7) is 5.01. The summed E-state index contributed by atoms with van der Waals surface area (Å²) in [6.07, 6.45) is 0. The average Bonchev–Trinajstić information content (AvgIpc) is 2.86. The summed E-state index contributed by atoms with van der Waals surface area (Å²) in [5.41, 5.74) is 1.31. The van der Waals surface area contributed by atoms with Crippen molar-refractivity contribution in [3.05, 3.63) is 46.8 Å². The third-order valence-corrected chi connectivity index (χ3v) is 5.04. The van der Waals surface area contributed by atoms with Crippen LogP contribution in [0.5, 0.6) is 0 Å². The molecule has 3 nitrogen and oxygen atoms in total. The molecule has 0 atom stereocenters. The molecule has 108 valence electrons. The highest BCUT2D eigenvalue weighted by Crippen LogP contribution is 2.33. The predicted molar refractivity (Wildman–Crippen MR) is 92.3 cm³/mol. The number of nitrogens with zero attached hydrogens (tertiary/aromatic N) is 2. The second kappa shape index (κ2) is 6.45. The van der Waals surface area contributed by atoms with Gasteiger partial charge in [-0.15, -0.1) is 23.1 Å². The number of nitrogens with one attached hydrogen (secondary N) is 1. The van der Waals surface area contributed by atoms with E-state index in [0.717, 1.165) is 28.1 Å². The molecular formula is C16H17N3S2. The molecule has 0 spiro atoms. The first-order valence-electron chi connectivity index (χ1n) is 6.95. The van der Waals surface area contributed by atoms with Crippen LogP contribution in [0.4, 0.5) is 5.95 Å². The molecule has 0 aliphatic heterocycles. The van der Waals surface area contributed by atoms with E-state index < -0.39 is 0 Å². The van der Waals surface area contributed by atoms with Gasteiger partial charge in [-0.2, -0.15) is 0 Å². The van der Waals surface area contributed by atoms with Crippen LogP contribution in [0.15, 0.2) is 41.4 Å². The zero-order valence-corrected chi connectivity index (χ0v) is 13.7. The van der Waals surface area contributed by atoms with Crippen LogP contribution in [-0.2, 0) is 5.75 Å². The highest BCUT2D eigenvalue weighted by atomic mass is 32.2. The van der Waals surface area contributed by atoms with Gasteiger partial charge in [0.15, 0.2) is 0 Å². The smallest absolute Gasteiger partial charge is 0.225 e. The predicted octanol–water partition coefficient (Wildman–Crippen LogP) is 4.72. The topological polar surface area (TPSA) is 37.8 Å². The summed E-state index contributed by atoms with van der Waals surface area (Å²) >= 11 is 3.50. The molecule has 1 aromatic carbocycles. The van der Waals surface area contributed by atoms with E-state index in [9.17, 15) is 0 Å². The van der Waals surface area contributed by atoms with E-state index in [4.69, 9.17) is 0 Å². The maximum absolute atomic E-state index is 4.67. The Morgan fingerprint density at radius 3 is 2.76 bits per heavy atom. The highest BCUT2D eigenvalue weighted by molar-refractivity contribution is 7.98. The van der Waals surface area contributed by atoms with Crippen molar-refractivity contribution in [3.8, 4) is 0 Å². The van der Waals surface area contributed by atoms with Gasteiger partial charge in [-0.3, -0.25) is 0 Å². The Labute approximate surface area is 132 Å². The number of hydrogen-bond donors (Lipinski definition) is 1. The van der Waals surface area contributed by atoms with Gasteiger partial charge in [-0.1, -0.05) is 30.3 Å². The fraction of sp³-hybridized carbons (Fsp3) is 0.250. The zero-order chi connectivity index (χ0) is 14.7. The lowest BCUT2D eigenvalue weighted by Gasteiger charge is -2.06. The molecular weight excluding hydrogens is 298 g/mol. The first kappa shape index (κ1) is 14.4. The lowest BCUT2D eigenvalue weighted by molar-refractivity contribution is 1.05. The van der Waals surface area contributed by atoms with Crippen LogP contribution in [0.2, 0.25) is 0 Å². The van der Waals surface area contributed by atoms with Crippen molar-refractivity contribution in [1.82, 2.24) is 9.97 Å². The molecule has 3 rings (SSSR count). The summed E-state index contributed by atoms with van der Waals surface area (Å²) in [6, 6.07) is 12.7. The number of thioether (sulfide) groups is 1. The van der Waals surface area contributed by atoms with E-state index >= 15 is 0 Å². The minimum absolute atomic E-state index is 0.724. The van der Waals surface area contributed by atoms with Gasteiger partial charge in [-0.25, -0.2) is 9.97 Å². The van der Waals surface area contributed by atoms with Crippen molar-refractivity contribution in [2.75, 3.05) is 11.9 Å². The van der Waals surface area contributed by atoms with Crippen LogP contribution in [-0.4, -0.2) is 16.5 Å². The minimum Gasteiger partial charge on any atom is -0.354 e. The van der Waals surface area contributed by atoms with Crippen LogP contribution in [0.25, 0.3) is 10.2 Å². The summed E-state index contributed by atoms with van der Waals surface area (Å²) in [7, 11) is 0. The van der Waals surface area contributed by atoms with Gasteiger partial charge in [0.1, 0.15) is 9.86 Å². The number of rotatable bonds is 5. The van der Waals surface area contributed by atoms with Gasteiger partial charge < -0.3 is 5.32 Å². The summed E-state index contributed by atoms with van der Waals surface area (Å²) < 4.78 is 0. The fourth-order valence-corrected chi connectivity index (χ4v) is 3.99. The number of fused-ring (bicyclic) bond motifs is 1. The molecule has 2 aromatic heterocycles. The highest BCUT2D eigenvalue weighted by Gasteiger charge is 2.11. The Morgan fingerprint density at radius 2 is 2.00 bits per heavy atom. The molecule has 21 heavy (non-hydrogen) atoms. The van der Waals surface area contributed by atoms with Crippen LogP contribution >= 0.6 is 23.1 Å². The first-order chi connectivity index (χ1) is 10.3. The van der Waals surface area contributed by atoms with E-state index in [1.807, 2.05) is 6.07 Å². The minimum atomic E-state index is 0.724. The Hall–Kier alpha value is -1.59. The first-order valence-corrected chi connectivity index (χ1v) is 8.75. The molecule has 0 aliphatic rings. The van der Waals surface area contributed by atoms with Crippen molar-refractivity contribution in [2.45, 2.75) is 24.6 Å².